The normalized spacial score (nSPS) is 12.4. The highest BCUT2D eigenvalue weighted by Gasteiger charge is 2.08. The van der Waals surface area contributed by atoms with Crippen molar-refractivity contribution in [2.24, 2.45) is 0 Å². The maximum atomic E-state index is 3.58. The first-order valence-corrected chi connectivity index (χ1v) is 7.51. The van der Waals surface area contributed by atoms with Crippen LogP contribution >= 0.6 is 27.3 Å². The van der Waals surface area contributed by atoms with E-state index in [2.05, 4.69) is 70.1 Å². The summed E-state index contributed by atoms with van der Waals surface area (Å²) < 4.78 is 1.14. The first kappa shape index (κ1) is 12.7. The molecule has 0 amide bonds. The molecule has 1 aromatic heterocycles. The van der Waals surface area contributed by atoms with Gasteiger partial charge < -0.3 is 5.32 Å². The molecule has 0 saturated heterocycles. The zero-order chi connectivity index (χ0) is 12.3. The number of halogens is 1. The zero-order valence-electron chi connectivity index (χ0n) is 10.0. The fraction of sp³-hybridized carbons (Fsp3) is 0.286. The van der Waals surface area contributed by atoms with Gasteiger partial charge in [0.05, 0.1) is 0 Å². The number of rotatable bonds is 4. The van der Waals surface area contributed by atoms with E-state index < -0.39 is 0 Å². The summed E-state index contributed by atoms with van der Waals surface area (Å²) in [6.45, 7) is 4.38. The minimum atomic E-state index is 0.354. The van der Waals surface area contributed by atoms with Crippen molar-refractivity contribution in [3.8, 4) is 0 Å². The van der Waals surface area contributed by atoms with Crippen LogP contribution in [0.1, 0.15) is 31.0 Å². The van der Waals surface area contributed by atoms with Gasteiger partial charge in [0, 0.05) is 16.2 Å². The van der Waals surface area contributed by atoms with E-state index >= 15 is 0 Å². The van der Waals surface area contributed by atoms with Crippen LogP contribution in [0.4, 0.5) is 5.69 Å². The van der Waals surface area contributed by atoms with E-state index in [0.29, 0.717) is 6.04 Å². The lowest BCUT2D eigenvalue weighted by atomic mass is 10.1. The molecule has 17 heavy (non-hydrogen) atoms. The van der Waals surface area contributed by atoms with Crippen molar-refractivity contribution in [2.75, 3.05) is 5.32 Å². The molecule has 90 valence electrons. The van der Waals surface area contributed by atoms with E-state index in [1.54, 1.807) is 11.3 Å². The van der Waals surface area contributed by atoms with Gasteiger partial charge in [-0.05, 0) is 59.5 Å². The van der Waals surface area contributed by atoms with Gasteiger partial charge in [0.2, 0.25) is 0 Å². The predicted molar refractivity (Wildman–Crippen MR) is 79.9 cm³/mol. The number of thiophene rings is 1. The van der Waals surface area contributed by atoms with Gasteiger partial charge in [-0.3, -0.25) is 0 Å². The third-order valence-electron chi connectivity index (χ3n) is 2.86. The number of benzene rings is 1. The van der Waals surface area contributed by atoms with Crippen LogP contribution in [0.2, 0.25) is 0 Å². The summed E-state index contributed by atoms with van der Waals surface area (Å²) in [5, 5.41) is 7.89. The Bertz CT molecular complexity index is 479. The number of aryl methyl sites for hydroxylation is 1. The number of nitrogens with one attached hydrogen (secondary N) is 1. The summed E-state index contributed by atoms with van der Waals surface area (Å²) >= 11 is 5.26. The monoisotopic (exact) mass is 309 g/mol. The van der Waals surface area contributed by atoms with Gasteiger partial charge in [-0.1, -0.05) is 22.9 Å². The second-order valence-corrected chi connectivity index (χ2v) is 5.77. The first-order valence-electron chi connectivity index (χ1n) is 5.77. The summed E-state index contributed by atoms with van der Waals surface area (Å²) in [6, 6.07) is 8.94. The quantitative estimate of drug-likeness (QED) is 0.813. The highest BCUT2D eigenvalue weighted by Crippen LogP contribution is 2.26. The van der Waals surface area contributed by atoms with Crippen molar-refractivity contribution < 1.29 is 0 Å². The minimum absolute atomic E-state index is 0.354. The van der Waals surface area contributed by atoms with Crippen LogP contribution < -0.4 is 5.32 Å². The third kappa shape index (κ3) is 3.11. The van der Waals surface area contributed by atoms with Gasteiger partial charge in [-0.15, -0.1) is 0 Å². The SMILES string of the molecule is CCc1cc(Br)ccc1NC(C)c1ccsc1. The summed E-state index contributed by atoms with van der Waals surface area (Å²) in [5.41, 5.74) is 3.93. The van der Waals surface area contributed by atoms with E-state index in [4.69, 9.17) is 0 Å². The molecule has 2 aromatic rings. The number of hydrogen-bond donors (Lipinski definition) is 1. The van der Waals surface area contributed by atoms with E-state index in [-0.39, 0.29) is 0 Å². The molecule has 0 fully saturated rings. The van der Waals surface area contributed by atoms with Crippen molar-refractivity contribution in [3.63, 3.8) is 0 Å². The average molecular weight is 310 g/mol. The molecule has 0 aliphatic carbocycles. The summed E-state index contributed by atoms with van der Waals surface area (Å²) in [7, 11) is 0. The Labute approximate surface area is 115 Å². The lowest BCUT2D eigenvalue weighted by molar-refractivity contribution is 0.885. The molecule has 0 spiro atoms. The molecule has 0 saturated carbocycles. The fourth-order valence-electron chi connectivity index (χ4n) is 1.83. The van der Waals surface area contributed by atoms with Crippen LogP contribution in [0.5, 0.6) is 0 Å². The largest absolute Gasteiger partial charge is 0.378 e. The summed E-state index contributed by atoms with van der Waals surface area (Å²) in [6.07, 6.45) is 1.04. The molecule has 0 aliphatic heterocycles. The maximum Gasteiger partial charge on any atom is 0.0493 e. The number of anilines is 1. The van der Waals surface area contributed by atoms with Crippen molar-refractivity contribution in [1.29, 1.82) is 0 Å². The van der Waals surface area contributed by atoms with Gasteiger partial charge in [0.1, 0.15) is 0 Å². The fourth-order valence-corrected chi connectivity index (χ4v) is 3.00. The van der Waals surface area contributed by atoms with Gasteiger partial charge >= 0.3 is 0 Å². The molecular weight excluding hydrogens is 294 g/mol. The minimum Gasteiger partial charge on any atom is -0.378 e. The van der Waals surface area contributed by atoms with Crippen molar-refractivity contribution in [3.05, 3.63) is 50.6 Å². The highest BCUT2D eigenvalue weighted by atomic mass is 79.9. The summed E-state index contributed by atoms with van der Waals surface area (Å²) in [4.78, 5) is 0. The zero-order valence-corrected chi connectivity index (χ0v) is 12.4. The third-order valence-corrected chi connectivity index (χ3v) is 4.06. The Hall–Kier alpha value is -0.800. The topological polar surface area (TPSA) is 12.0 Å². The van der Waals surface area contributed by atoms with Crippen LogP contribution in [0.25, 0.3) is 0 Å². The molecule has 3 heteroatoms. The lowest BCUT2D eigenvalue weighted by Gasteiger charge is -2.17. The van der Waals surface area contributed by atoms with Crippen molar-refractivity contribution in [2.45, 2.75) is 26.3 Å². The van der Waals surface area contributed by atoms with E-state index in [1.165, 1.54) is 16.8 Å². The lowest BCUT2D eigenvalue weighted by Crippen LogP contribution is -2.07. The molecule has 1 unspecified atom stereocenters. The molecule has 2 rings (SSSR count). The molecule has 0 radical (unpaired) electrons. The standard InChI is InChI=1S/C14H16BrNS/c1-3-11-8-13(15)4-5-14(11)16-10(2)12-6-7-17-9-12/h4-10,16H,3H2,1-2H3. The second-order valence-electron chi connectivity index (χ2n) is 4.08. The van der Waals surface area contributed by atoms with Crippen LogP contribution in [-0.2, 0) is 6.42 Å². The van der Waals surface area contributed by atoms with E-state index in [1.807, 2.05) is 0 Å². The molecule has 0 aliphatic rings. The molecule has 1 heterocycles. The Morgan fingerprint density at radius 3 is 2.82 bits per heavy atom. The first-order chi connectivity index (χ1) is 8.20. The van der Waals surface area contributed by atoms with Crippen LogP contribution in [0.3, 0.4) is 0 Å². The molecule has 1 atom stereocenters. The van der Waals surface area contributed by atoms with Gasteiger partial charge in [0.15, 0.2) is 0 Å². The molecule has 1 N–H and O–H groups in total. The second kappa shape index (κ2) is 5.69. The average Bonchev–Trinajstić information content (AvgIpc) is 2.85. The number of hydrogen-bond acceptors (Lipinski definition) is 2. The Kier molecular flexibility index (Phi) is 4.24. The maximum absolute atomic E-state index is 3.58. The highest BCUT2D eigenvalue weighted by molar-refractivity contribution is 9.10. The van der Waals surface area contributed by atoms with Crippen LogP contribution in [-0.4, -0.2) is 0 Å². The van der Waals surface area contributed by atoms with Crippen LogP contribution in [0, 0.1) is 0 Å². The van der Waals surface area contributed by atoms with E-state index in [0.717, 1.165) is 10.9 Å². The van der Waals surface area contributed by atoms with E-state index in [9.17, 15) is 0 Å². The summed E-state index contributed by atoms with van der Waals surface area (Å²) in [5.74, 6) is 0. The Morgan fingerprint density at radius 1 is 1.35 bits per heavy atom. The molecule has 0 bridgehead atoms. The Morgan fingerprint density at radius 2 is 2.18 bits per heavy atom. The molecule has 1 nitrogen and oxygen atoms in total. The van der Waals surface area contributed by atoms with Gasteiger partial charge in [-0.2, -0.15) is 11.3 Å². The van der Waals surface area contributed by atoms with Crippen molar-refractivity contribution >= 4 is 33.0 Å². The van der Waals surface area contributed by atoms with Gasteiger partial charge in [0.25, 0.3) is 0 Å². The van der Waals surface area contributed by atoms with Crippen molar-refractivity contribution in [1.82, 2.24) is 0 Å². The van der Waals surface area contributed by atoms with Crippen LogP contribution in [0.15, 0.2) is 39.5 Å². The molecular formula is C14H16BrNS. The smallest absolute Gasteiger partial charge is 0.0493 e. The predicted octanol–water partition coefficient (Wildman–Crippen LogP) is 5.25. The Balaban J connectivity index is 2.18. The van der Waals surface area contributed by atoms with Gasteiger partial charge in [-0.25, -0.2) is 0 Å². The molecule has 1 aromatic carbocycles.